The Balaban J connectivity index is 1.97. The number of aromatic amines is 1. The fourth-order valence-corrected chi connectivity index (χ4v) is 2.68. The predicted octanol–water partition coefficient (Wildman–Crippen LogP) is 1.95. The van der Waals surface area contributed by atoms with Crippen LogP contribution in [0, 0.1) is 0 Å². The second-order valence-electron chi connectivity index (χ2n) is 4.90. The van der Waals surface area contributed by atoms with E-state index >= 15 is 0 Å². The van der Waals surface area contributed by atoms with Crippen molar-refractivity contribution in [2.45, 2.75) is 37.6 Å². The molecule has 96 valence electrons. The minimum Gasteiger partial charge on any atom is -0.481 e. The molecule has 0 aliphatic heterocycles. The maximum Gasteiger partial charge on any atom is 0.215 e. The molecule has 3 N–H and O–H groups in total. The Labute approximate surface area is 106 Å². The molecule has 18 heavy (non-hydrogen) atoms. The highest BCUT2D eigenvalue weighted by Crippen LogP contribution is 2.31. The summed E-state index contributed by atoms with van der Waals surface area (Å²) in [5.41, 5.74) is 7.84. The second kappa shape index (κ2) is 4.57. The summed E-state index contributed by atoms with van der Waals surface area (Å²) in [5, 5.41) is 0. The molecule has 0 spiro atoms. The molecule has 0 aromatic carbocycles. The largest absolute Gasteiger partial charge is 0.481 e. The number of rotatable bonds is 2. The van der Waals surface area contributed by atoms with Crippen LogP contribution in [0.5, 0.6) is 5.88 Å². The molecule has 1 fully saturated rings. The van der Waals surface area contributed by atoms with Crippen LogP contribution in [0.15, 0.2) is 12.1 Å². The summed E-state index contributed by atoms with van der Waals surface area (Å²) in [5.74, 6) is 1.89. The maximum absolute atomic E-state index is 6.18. The lowest BCUT2D eigenvalue weighted by molar-refractivity contribution is 0.375. The molecule has 2 atom stereocenters. The van der Waals surface area contributed by atoms with Gasteiger partial charge in [0.05, 0.1) is 12.6 Å². The van der Waals surface area contributed by atoms with Gasteiger partial charge >= 0.3 is 0 Å². The molecule has 0 amide bonds. The summed E-state index contributed by atoms with van der Waals surface area (Å²) in [6.07, 6.45) is 4.65. The molecular weight excluding hydrogens is 228 g/mol. The minimum atomic E-state index is 0.209. The Hall–Kier alpha value is -1.62. The molecular formula is C13H18N4O. The zero-order valence-corrected chi connectivity index (χ0v) is 10.5. The Bertz CT molecular complexity index is 551. The van der Waals surface area contributed by atoms with E-state index in [1.54, 1.807) is 7.11 Å². The molecule has 2 aromatic rings. The van der Waals surface area contributed by atoms with Gasteiger partial charge < -0.3 is 15.5 Å². The fraction of sp³-hybridized carbons (Fsp3) is 0.538. The van der Waals surface area contributed by atoms with Gasteiger partial charge in [-0.1, -0.05) is 12.8 Å². The molecule has 1 saturated carbocycles. The van der Waals surface area contributed by atoms with Crippen molar-refractivity contribution >= 4 is 11.2 Å². The van der Waals surface area contributed by atoms with Gasteiger partial charge in [0.2, 0.25) is 5.88 Å². The van der Waals surface area contributed by atoms with Crippen molar-refractivity contribution in [2.75, 3.05) is 7.11 Å². The second-order valence-corrected chi connectivity index (χ2v) is 4.90. The summed E-state index contributed by atoms with van der Waals surface area (Å²) >= 11 is 0. The molecule has 5 nitrogen and oxygen atoms in total. The lowest BCUT2D eigenvalue weighted by atomic mass is 9.84. The zero-order chi connectivity index (χ0) is 12.5. The highest BCUT2D eigenvalue weighted by atomic mass is 16.5. The van der Waals surface area contributed by atoms with Gasteiger partial charge in [0.25, 0.3) is 0 Å². The van der Waals surface area contributed by atoms with Gasteiger partial charge in [0.15, 0.2) is 5.65 Å². The third-order valence-corrected chi connectivity index (χ3v) is 3.72. The Morgan fingerprint density at radius 1 is 1.28 bits per heavy atom. The van der Waals surface area contributed by atoms with E-state index < -0.39 is 0 Å². The highest BCUT2D eigenvalue weighted by molar-refractivity contribution is 5.71. The molecule has 0 radical (unpaired) electrons. The number of imidazole rings is 1. The van der Waals surface area contributed by atoms with Crippen molar-refractivity contribution in [2.24, 2.45) is 5.73 Å². The number of ether oxygens (including phenoxy) is 1. The van der Waals surface area contributed by atoms with Crippen LogP contribution < -0.4 is 10.5 Å². The average molecular weight is 246 g/mol. The van der Waals surface area contributed by atoms with Crippen molar-refractivity contribution in [1.82, 2.24) is 15.0 Å². The van der Waals surface area contributed by atoms with Crippen molar-refractivity contribution < 1.29 is 4.74 Å². The number of hydrogen-bond acceptors (Lipinski definition) is 4. The van der Waals surface area contributed by atoms with E-state index in [1.807, 2.05) is 12.1 Å². The monoisotopic (exact) mass is 246 g/mol. The summed E-state index contributed by atoms with van der Waals surface area (Å²) in [4.78, 5) is 12.2. The number of aromatic nitrogens is 3. The van der Waals surface area contributed by atoms with Gasteiger partial charge in [-0.2, -0.15) is 4.98 Å². The average Bonchev–Trinajstić information content (AvgIpc) is 2.81. The van der Waals surface area contributed by atoms with E-state index in [2.05, 4.69) is 15.0 Å². The highest BCUT2D eigenvalue weighted by Gasteiger charge is 2.26. The first-order chi connectivity index (χ1) is 8.78. The van der Waals surface area contributed by atoms with Gasteiger partial charge in [0.1, 0.15) is 5.82 Å². The first-order valence-corrected chi connectivity index (χ1v) is 6.44. The quantitative estimate of drug-likeness (QED) is 0.849. The van der Waals surface area contributed by atoms with Gasteiger partial charge in [-0.05, 0) is 18.9 Å². The first-order valence-electron chi connectivity index (χ1n) is 6.44. The number of nitrogens with zero attached hydrogens (tertiary/aromatic N) is 2. The Kier molecular flexibility index (Phi) is 2.91. The van der Waals surface area contributed by atoms with E-state index in [4.69, 9.17) is 10.5 Å². The number of hydrogen-bond donors (Lipinski definition) is 2. The summed E-state index contributed by atoms with van der Waals surface area (Å²) in [6, 6.07) is 4.00. The van der Waals surface area contributed by atoms with Crippen LogP contribution in [0.4, 0.5) is 0 Å². The summed E-state index contributed by atoms with van der Waals surface area (Å²) in [7, 11) is 1.61. The Morgan fingerprint density at radius 3 is 2.89 bits per heavy atom. The van der Waals surface area contributed by atoms with Crippen molar-refractivity contribution in [3.8, 4) is 5.88 Å². The topological polar surface area (TPSA) is 76.8 Å². The maximum atomic E-state index is 6.18. The van der Waals surface area contributed by atoms with Crippen LogP contribution in [0.25, 0.3) is 11.2 Å². The number of nitrogens with two attached hydrogens (primary N) is 1. The number of nitrogens with one attached hydrogen (secondary N) is 1. The van der Waals surface area contributed by atoms with Crippen molar-refractivity contribution in [3.05, 3.63) is 18.0 Å². The Morgan fingerprint density at radius 2 is 2.11 bits per heavy atom. The van der Waals surface area contributed by atoms with Crippen LogP contribution in [-0.2, 0) is 0 Å². The molecule has 1 aliphatic rings. The van der Waals surface area contributed by atoms with E-state index in [9.17, 15) is 0 Å². The zero-order valence-electron chi connectivity index (χ0n) is 10.5. The summed E-state index contributed by atoms with van der Waals surface area (Å²) in [6.45, 7) is 0. The molecule has 1 aliphatic carbocycles. The van der Waals surface area contributed by atoms with E-state index in [1.165, 1.54) is 12.8 Å². The molecule has 0 saturated heterocycles. The molecule has 2 unspecified atom stereocenters. The van der Waals surface area contributed by atoms with Crippen LogP contribution in [0.2, 0.25) is 0 Å². The van der Waals surface area contributed by atoms with Crippen molar-refractivity contribution in [1.29, 1.82) is 0 Å². The van der Waals surface area contributed by atoms with Crippen LogP contribution in [-0.4, -0.2) is 28.1 Å². The van der Waals surface area contributed by atoms with Gasteiger partial charge in [-0.3, -0.25) is 0 Å². The normalized spacial score (nSPS) is 24.3. The van der Waals surface area contributed by atoms with E-state index in [-0.39, 0.29) is 6.04 Å². The third kappa shape index (κ3) is 1.95. The van der Waals surface area contributed by atoms with E-state index in [0.717, 1.165) is 24.2 Å². The number of fused-ring (bicyclic) bond motifs is 1. The first kappa shape index (κ1) is 11.5. The van der Waals surface area contributed by atoms with Gasteiger partial charge in [0, 0.05) is 18.0 Å². The van der Waals surface area contributed by atoms with Crippen LogP contribution in [0.1, 0.15) is 37.4 Å². The molecule has 5 heteroatoms. The van der Waals surface area contributed by atoms with Gasteiger partial charge in [-0.25, -0.2) is 4.98 Å². The fourth-order valence-electron chi connectivity index (χ4n) is 2.68. The third-order valence-electron chi connectivity index (χ3n) is 3.72. The molecule has 2 heterocycles. The standard InChI is InChI=1S/C13H18N4O/c1-18-11-7-6-10-13(16-11)17-12(15-10)8-4-2-3-5-9(8)14/h6-9H,2-5,14H2,1H3,(H,15,16,17). The lowest BCUT2D eigenvalue weighted by Crippen LogP contribution is -2.31. The molecule has 2 aromatic heterocycles. The summed E-state index contributed by atoms with van der Waals surface area (Å²) < 4.78 is 5.11. The van der Waals surface area contributed by atoms with Crippen LogP contribution in [0.3, 0.4) is 0 Å². The SMILES string of the molecule is COc1ccc2[nH]c(C3CCCCC3N)nc2n1. The predicted molar refractivity (Wildman–Crippen MR) is 69.6 cm³/mol. The molecule has 3 rings (SSSR count). The van der Waals surface area contributed by atoms with Crippen molar-refractivity contribution in [3.63, 3.8) is 0 Å². The number of methoxy groups -OCH3 is 1. The molecule has 0 bridgehead atoms. The van der Waals surface area contributed by atoms with Crippen LogP contribution >= 0.6 is 0 Å². The number of H-pyrrole nitrogens is 1. The smallest absolute Gasteiger partial charge is 0.215 e. The number of pyridine rings is 1. The van der Waals surface area contributed by atoms with E-state index in [0.29, 0.717) is 17.4 Å². The minimum absolute atomic E-state index is 0.209. The van der Waals surface area contributed by atoms with Gasteiger partial charge in [-0.15, -0.1) is 0 Å². The lowest BCUT2D eigenvalue weighted by Gasteiger charge is -2.26.